The number of amides is 2. The van der Waals surface area contributed by atoms with Gasteiger partial charge in [-0.1, -0.05) is 12.8 Å². The van der Waals surface area contributed by atoms with Crippen molar-refractivity contribution in [3.05, 3.63) is 0 Å². The molecule has 1 atom stereocenters. The first-order chi connectivity index (χ1) is 8.59. The van der Waals surface area contributed by atoms with E-state index in [9.17, 15) is 9.59 Å². The third-order valence-corrected chi connectivity index (χ3v) is 3.18. The van der Waals surface area contributed by atoms with Crippen LogP contribution in [0.5, 0.6) is 0 Å². The average Bonchev–Trinajstić information content (AvgIpc) is 2.56. The molecule has 5 N–H and O–H groups in total. The van der Waals surface area contributed by atoms with Gasteiger partial charge in [0.2, 0.25) is 11.8 Å². The van der Waals surface area contributed by atoms with Crippen molar-refractivity contribution in [2.45, 2.75) is 38.1 Å². The summed E-state index contributed by atoms with van der Waals surface area (Å²) in [5.74, 6) is -0.853. The Balaban J connectivity index is 2.15. The minimum Gasteiger partial charge on any atom is -0.370 e. The summed E-state index contributed by atoms with van der Waals surface area (Å²) in [5.41, 5.74) is 10.5. The number of nitrogens with two attached hydrogens (primary N) is 2. The van der Waals surface area contributed by atoms with E-state index in [0.29, 0.717) is 6.54 Å². The van der Waals surface area contributed by atoms with Crippen molar-refractivity contribution in [2.24, 2.45) is 11.5 Å². The molecule has 0 aromatic carbocycles. The van der Waals surface area contributed by atoms with Crippen LogP contribution < -0.4 is 16.8 Å². The molecule has 0 bridgehead atoms. The third-order valence-electron chi connectivity index (χ3n) is 3.18. The summed E-state index contributed by atoms with van der Waals surface area (Å²) < 4.78 is 0. The molecule has 0 spiro atoms. The summed E-state index contributed by atoms with van der Waals surface area (Å²) >= 11 is 0. The van der Waals surface area contributed by atoms with Gasteiger partial charge in [-0.2, -0.15) is 0 Å². The minimum atomic E-state index is -0.827. The summed E-state index contributed by atoms with van der Waals surface area (Å²) in [5, 5.41) is 2.74. The maximum absolute atomic E-state index is 11.5. The molecule has 1 saturated heterocycles. The molecule has 1 rings (SSSR count). The Labute approximate surface area is 108 Å². The second-order valence-electron chi connectivity index (χ2n) is 4.82. The number of hydrogen-bond acceptors (Lipinski definition) is 4. The van der Waals surface area contributed by atoms with E-state index in [2.05, 4.69) is 10.2 Å². The number of carbonyl (C=O) groups is 2. The second-order valence-corrected chi connectivity index (χ2v) is 4.82. The second kappa shape index (κ2) is 8.05. The summed E-state index contributed by atoms with van der Waals surface area (Å²) in [6.45, 7) is 3.62. The number of nitrogens with zero attached hydrogens (tertiary/aromatic N) is 1. The highest BCUT2D eigenvalue weighted by Crippen LogP contribution is 2.08. The van der Waals surface area contributed by atoms with E-state index in [1.54, 1.807) is 0 Å². The first-order valence-electron chi connectivity index (χ1n) is 6.63. The minimum absolute atomic E-state index is 0.102. The summed E-state index contributed by atoms with van der Waals surface area (Å²) in [6, 6.07) is -0.827. The maximum Gasteiger partial charge on any atom is 0.237 e. The Morgan fingerprint density at radius 2 is 1.78 bits per heavy atom. The van der Waals surface area contributed by atoms with E-state index in [-0.39, 0.29) is 12.3 Å². The molecule has 6 heteroatoms. The standard InChI is InChI=1S/C12H24N4O2/c13-10(9-11(14)17)12(18)15-5-8-16-6-3-1-2-4-7-16/h10H,1-9,13H2,(H2,14,17)(H,15,18). The first-order valence-corrected chi connectivity index (χ1v) is 6.63. The molecule has 1 unspecified atom stereocenters. The van der Waals surface area contributed by atoms with Crippen molar-refractivity contribution < 1.29 is 9.59 Å². The molecule has 1 aliphatic heterocycles. The molecule has 0 radical (unpaired) electrons. The number of hydrogen-bond donors (Lipinski definition) is 3. The van der Waals surface area contributed by atoms with Gasteiger partial charge in [0.1, 0.15) is 0 Å². The smallest absolute Gasteiger partial charge is 0.237 e. The molecule has 0 aromatic heterocycles. The van der Waals surface area contributed by atoms with E-state index < -0.39 is 11.9 Å². The lowest BCUT2D eigenvalue weighted by Gasteiger charge is -2.20. The topological polar surface area (TPSA) is 101 Å². The Bertz CT molecular complexity index is 275. The molecule has 6 nitrogen and oxygen atoms in total. The number of rotatable bonds is 6. The van der Waals surface area contributed by atoms with Gasteiger partial charge in [-0.3, -0.25) is 9.59 Å². The van der Waals surface area contributed by atoms with Crippen LogP contribution in [0.25, 0.3) is 0 Å². The van der Waals surface area contributed by atoms with E-state index in [4.69, 9.17) is 11.5 Å². The molecule has 18 heavy (non-hydrogen) atoms. The zero-order chi connectivity index (χ0) is 13.4. The largest absolute Gasteiger partial charge is 0.370 e. The van der Waals surface area contributed by atoms with E-state index in [1.165, 1.54) is 25.7 Å². The summed E-state index contributed by atoms with van der Waals surface area (Å²) in [7, 11) is 0. The van der Waals surface area contributed by atoms with Crippen LogP contribution in [-0.4, -0.2) is 48.9 Å². The molecular formula is C12H24N4O2. The van der Waals surface area contributed by atoms with Crippen molar-refractivity contribution in [1.29, 1.82) is 0 Å². The fourth-order valence-corrected chi connectivity index (χ4v) is 2.14. The predicted octanol–water partition coefficient (Wildman–Crippen LogP) is -0.819. The maximum atomic E-state index is 11.5. The molecule has 0 saturated carbocycles. The Morgan fingerprint density at radius 3 is 2.33 bits per heavy atom. The van der Waals surface area contributed by atoms with E-state index >= 15 is 0 Å². The van der Waals surface area contributed by atoms with Crippen LogP contribution in [0.2, 0.25) is 0 Å². The molecular weight excluding hydrogens is 232 g/mol. The molecule has 1 heterocycles. The molecule has 1 fully saturated rings. The van der Waals surface area contributed by atoms with Gasteiger partial charge in [0.15, 0.2) is 0 Å². The van der Waals surface area contributed by atoms with Gasteiger partial charge in [-0.25, -0.2) is 0 Å². The first kappa shape index (κ1) is 14.9. The average molecular weight is 256 g/mol. The molecule has 2 amide bonds. The van der Waals surface area contributed by atoms with Gasteiger partial charge in [-0.15, -0.1) is 0 Å². The van der Waals surface area contributed by atoms with E-state index in [0.717, 1.165) is 19.6 Å². The highest BCUT2D eigenvalue weighted by atomic mass is 16.2. The molecule has 0 aliphatic carbocycles. The molecule has 104 valence electrons. The van der Waals surface area contributed by atoms with Crippen molar-refractivity contribution in [1.82, 2.24) is 10.2 Å². The van der Waals surface area contributed by atoms with Crippen LogP contribution in [0.4, 0.5) is 0 Å². The van der Waals surface area contributed by atoms with Crippen LogP contribution in [0, 0.1) is 0 Å². The van der Waals surface area contributed by atoms with Gasteiger partial charge in [0, 0.05) is 13.1 Å². The highest BCUT2D eigenvalue weighted by molar-refractivity contribution is 5.87. The van der Waals surface area contributed by atoms with Gasteiger partial charge < -0.3 is 21.7 Å². The highest BCUT2D eigenvalue weighted by Gasteiger charge is 2.16. The lowest BCUT2D eigenvalue weighted by atomic mass is 10.2. The van der Waals surface area contributed by atoms with Crippen molar-refractivity contribution >= 4 is 11.8 Å². The van der Waals surface area contributed by atoms with Crippen LogP contribution in [0.1, 0.15) is 32.1 Å². The van der Waals surface area contributed by atoms with Crippen LogP contribution in [0.15, 0.2) is 0 Å². The zero-order valence-electron chi connectivity index (χ0n) is 10.9. The van der Waals surface area contributed by atoms with Crippen molar-refractivity contribution in [3.8, 4) is 0 Å². The lowest BCUT2D eigenvalue weighted by molar-refractivity contribution is -0.126. The van der Waals surface area contributed by atoms with Gasteiger partial charge in [0.25, 0.3) is 0 Å². The van der Waals surface area contributed by atoms with Gasteiger partial charge in [0.05, 0.1) is 12.5 Å². The van der Waals surface area contributed by atoms with Crippen molar-refractivity contribution in [2.75, 3.05) is 26.2 Å². The quantitative estimate of drug-likeness (QED) is 0.578. The number of primary amides is 1. The number of carbonyl (C=O) groups excluding carboxylic acids is 2. The van der Waals surface area contributed by atoms with Crippen molar-refractivity contribution in [3.63, 3.8) is 0 Å². The normalized spacial score (nSPS) is 18.9. The number of nitrogens with one attached hydrogen (secondary N) is 1. The molecule has 1 aliphatic rings. The van der Waals surface area contributed by atoms with Crippen LogP contribution in [-0.2, 0) is 9.59 Å². The fourth-order valence-electron chi connectivity index (χ4n) is 2.14. The zero-order valence-corrected chi connectivity index (χ0v) is 10.9. The van der Waals surface area contributed by atoms with Crippen LogP contribution in [0.3, 0.4) is 0 Å². The fraction of sp³-hybridized carbons (Fsp3) is 0.833. The monoisotopic (exact) mass is 256 g/mol. The Hall–Kier alpha value is -1.14. The lowest BCUT2D eigenvalue weighted by Crippen LogP contribution is -2.45. The summed E-state index contributed by atoms with van der Waals surface area (Å²) in [4.78, 5) is 24.5. The third kappa shape index (κ3) is 5.97. The van der Waals surface area contributed by atoms with E-state index in [1.807, 2.05) is 0 Å². The molecule has 0 aromatic rings. The Kier molecular flexibility index (Phi) is 6.67. The van der Waals surface area contributed by atoms with Gasteiger partial charge >= 0.3 is 0 Å². The number of likely N-dealkylation sites (tertiary alicyclic amines) is 1. The Morgan fingerprint density at radius 1 is 1.17 bits per heavy atom. The van der Waals surface area contributed by atoms with Gasteiger partial charge in [-0.05, 0) is 25.9 Å². The predicted molar refractivity (Wildman–Crippen MR) is 69.7 cm³/mol. The van der Waals surface area contributed by atoms with Crippen LogP contribution >= 0.6 is 0 Å². The summed E-state index contributed by atoms with van der Waals surface area (Å²) in [6.07, 6.45) is 4.96. The SMILES string of the molecule is NC(=O)CC(N)C(=O)NCCN1CCCCCC1.